The Hall–Kier alpha value is -1.38. The number of allylic oxidation sites excluding steroid dienone is 3. The molecule has 3 fully saturated rings. The van der Waals surface area contributed by atoms with Crippen molar-refractivity contribution < 1.29 is 14.3 Å². The van der Waals surface area contributed by atoms with E-state index in [-0.39, 0.29) is 22.2 Å². The summed E-state index contributed by atoms with van der Waals surface area (Å²) in [7, 11) is 1.45. The Morgan fingerprint density at radius 1 is 1.15 bits per heavy atom. The molecule has 0 heterocycles. The quantitative estimate of drug-likeness (QED) is 0.236. The van der Waals surface area contributed by atoms with Crippen molar-refractivity contribution in [2.24, 2.45) is 45.3 Å². The van der Waals surface area contributed by atoms with Gasteiger partial charge in [0, 0.05) is 17.4 Å². The molecule has 0 bridgehead atoms. The molecular formula is C31H48O3. The smallest absolute Gasteiger partial charge is 0.333 e. The number of methoxy groups -OCH3 is 1. The number of ether oxygens (including phenoxy) is 1. The molecule has 0 spiro atoms. The van der Waals surface area contributed by atoms with Crippen molar-refractivity contribution in [1.82, 2.24) is 0 Å². The zero-order valence-corrected chi connectivity index (χ0v) is 23.1. The van der Waals surface area contributed by atoms with E-state index < -0.39 is 0 Å². The monoisotopic (exact) mass is 468 g/mol. The summed E-state index contributed by atoms with van der Waals surface area (Å²) in [5.74, 6) is 2.74. The van der Waals surface area contributed by atoms with Crippen LogP contribution in [-0.4, -0.2) is 18.9 Å². The number of fused-ring (bicyclic) bond motifs is 5. The van der Waals surface area contributed by atoms with Gasteiger partial charge in [0.05, 0.1) is 7.11 Å². The van der Waals surface area contributed by atoms with Crippen LogP contribution in [0.15, 0.2) is 23.3 Å². The van der Waals surface area contributed by atoms with E-state index in [9.17, 15) is 9.59 Å². The molecule has 3 saturated carbocycles. The van der Waals surface area contributed by atoms with E-state index >= 15 is 0 Å². The molecule has 4 aliphatic rings. The van der Waals surface area contributed by atoms with Gasteiger partial charge in [-0.25, -0.2) is 4.79 Å². The highest BCUT2D eigenvalue weighted by molar-refractivity contribution is 5.87. The van der Waals surface area contributed by atoms with E-state index in [0.29, 0.717) is 29.0 Å². The third-order valence-corrected chi connectivity index (χ3v) is 11.9. The third-order valence-electron chi connectivity index (χ3n) is 11.9. The zero-order valence-electron chi connectivity index (χ0n) is 23.1. The fourth-order valence-corrected chi connectivity index (χ4v) is 9.47. The first-order valence-electron chi connectivity index (χ1n) is 13.8. The van der Waals surface area contributed by atoms with E-state index in [2.05, 4.69) is 53.7 Å². The highest BCUT2D eigenvalue weighted by atomic mass is 16.5. The van der Waals surface area contributed by atoms with Crippen LogP contribution in [0.4, 0.5) is 0 Å². The number of hydrogen-bond acceptors (Lipinski definition) is 3. The summed E-state index contributed by atoms with van der Waals surface area (Å²) in [6.45, 7) is 16.4. The fraction of sp³-hybridized carbons (Fsp3) is 0.806. The molecule has 4 rings (SSSR count). The average molecular weight is 469 g/mol. The predicted octanol–water partition coefficient (Wildman–Crippen LogP) is 7.70. The molecular weight excluding hydrogens is 420 g/mol. The number of carbonyl (C=O) groups is 2. The van der Waals surface area contributed by atoms with Gasteiger partial charge in [0.25, 0.3) is 0 Å². The van der Waals surface area contributed by atoms with Crippen molar-refractivity contribution >= 4 is 11.8 Å². The predicted molar refractivity (Wildman–Crippen MR) is 138 cm³/mol. The molecule has 34 heavy (non-hydrogen) atoms. The molecule has 0 unspecified atom stereocenters. The van der Waals surface area contributed by atoms with Crippen LogP contribution >= 0.6 is 0 Å². The van der Waals surface area contributed by atoms with Crippen molar-refractivity contribution in [3.63, 3.8) is 0 Å². The number of Topliss-reactive ketones (excluding diaryl/α,β-unsaturated/α-hetero) is 1. The number of esters is 1. The Morgan fingerprint density at radius 2 is 1.85 bits per heavy atom. The van der Waals surface area contributed by atoms with Gasteiger partial charge in [0.1, 0.15) is 5.78 Å². The lowest BCUT2D eigenvalue weighted by Gasteiger charge is -2.63. The van der Waals surface area contributed by atoms with Crippen molar-refractivity contribution in [2.75, 3.05) is 7.11 Å². The van der Waals surface area contributed by atoms with Crippen molar-refractivity contribution in [1.29, 1.82) is 0 Å². The van der Waals surface area contributed by atoms with Crippen LogP contribution in [0.25, 0.3) is 0 Å². The largest absolute Gasteiger partial charge is 0.466 e. The third kappa shape index (κ3) is 3.58. The first-order chi connectivity index (χ1) is 15.8. The molecule has 0 aromatic heterocycles. The minimum Gasteiger partial charge on any atom is -0.466 e. The van der Waals surface area contributed by atoms with Crippen LogP contribution in [0.2, 0.25) is 0 Å². The van der Waals surface area contributed by atoms with E-state index in [1.165, 1.54) is 32.8 Å². The number of ketones is 1. The maximum atomic E-state index is 12.8. The molecule has 0 aliphatic heterocycles. The van der Waals surface area contributed by atoms with Gasteiger partial charge >= 0.3 is 5.97 Å². The van der Waals surface area contributed by atoms with Crippen molar-refractivity contribution in [3.8, 4) is 0 Å². The van der Waals surface area contributed by atoms with Gasteiger partial charge in [-0.05, 0) is 98.2 Å². The van der Waals surface area contributed by atoms with E-state index in [1.807, 2.05) is 6.92 Å². The summed E-state index contributed by atoms with van der Waals surface area (Å²) in [4.78, 5) is 24.5. The van der Waals surface area contributed by atoms with Gasteiger partial charge in [-0.1, -0.05) is 59.3 Å². The van der Waals surface area contributed by atoms with Gasteiger partial charge in [0.2, 0.25) is 0 Å². The molecule has 0 amide bonds. The lowest BCUT2D eigenvalue weighted by atomic mass is 9.41. The summed E-state index contributed by atoms with van der Waals surface area (Å²) in [5, 5.41) is 0. The van der Waals surface area contributed by atoms with Crippen LogP contribution in [-0.2, 0) is 14.3 Å². The molecule has 3 heteroatoms. The van der Waals surface area contributed by atoms with Crippen molar-refractivity contribution in [3.05, 3.63) is 23.3 Å². The summed E-state index contributed by atoms with van der Waals surface area (Å²) in [6, 6.07) is 0. The molecule has 0 N–H and O–H groups in total. The summed E-state index contributed by atoms with van der Waals surface area (Å²) < 4.78 is 4.85. The normalized spacial score (nSPS) is 42.2. The summed E-state index contributed by atoms with van der Waals surface area (Å²) in [5.41, 5.74) is 3.14. The first-order valence-corrected chi connectivity index (χ1v) is 13.8. The van der Waals surface area contributed by atoms with Crippen LogP contribution in [0.5, 0.6) is 0 Å². The fourth-order valence-electron chi connectivity index (χ4n) is 9.47. The number of carbonyl (C=O) groups excluding carboxylic acids is 2. The first kappa shape index (κ1) is 25.7. The molecule has 0 saturated heterocycles. The van der Waals surface area contributed by atoms with Gasteiger partial charge in [-0.15, -0.1) is 0 Å². The van der Waals surface area contributed by atoms with E-state index in [4.69, 9.17) is 4.74 Å². The lowest BCUT2D eigenvalue weighted by molar-refractivity contribution is -0.146. The number of rotatable bonds is 5. The molecule has 190 valence electrons. The summed E-state index contributed by atoms with van der Waals surface area (Å²) >= 11 is 0. The minimum atomic E-state index is -0.213. The highest BCUT2D eigenvalue weighted by Gasteiger charge is 2.65. The molecule has 4 aliphatic carbocycles. The topological polar surface area (TPSA) is 43.4 Å². The second-order valence-corrected chi connectivity index (χ2v) is 13.5. The van der Waals surface area contributed by atoms with Crippen LogP contribution in [0, 0.1) is 45.3 Å². The molecule has 7 atom stereocenters. The van der Waals surface area contributed by atoms with Gasteiger partial charge in [0.15, 0.2) is 0 Å². The standard InChI is InChI=1S/C31H48O3/c1-20(10-9-11-21(2)27(33)34-8)22-14-18-31(7)24-12-13-25-28(3,4)26(32)16-17-29(25,5)23(24)15-19-30(22,31)6/h11-12,20,22-23,25H,9-10,13-19H2,1-8H3/b21-11-/t20-,22-,23-,25-,29+,30-,31+/m0/s1. The molecule has 0 aromatic carbocycles. The molecule has 3 nitrogen and oxygen atoms in total. The Morgan fingerprint density at radius 3 is 2.53 bits per heavy atom. The second-order valence-electron chi connectivity index (χ2n) is 13.5. The van der Waals surface area contributed by atoms with Crippen LogP contribution in [0.1, 0.15) is 106 Å². The highest BCUT2D eigenvalue weighted by Crippen LogP contribution is 2.73. The Kier molecular flexibility index (Phi) is 6.52. The zero-order chi connectivity index (χ0) is 25.1. The summed E-state index contributed by atoms with van der Waals surface area (Å²) in [6.07, 6.45) is 14.8. The Bertz CT molecular complexity index is 910. The van der Waals surface area contributed by atoms with E-state index in [1.54, 1.807) is 5.57 Å². The Labute approximate surface area is 208 Å². The second kappa shape index (κ2) is 8.63. The minimum absolute atomic E-state index is 0.195. The number of hydrogen-bond donors (Lipinski definition) is 0. The van der Waals surface area contributed by atoms with E-state index in [0.717, 1.165) is 43.6 Å². The van der Waals surface area contributed by atoms with Gasteiger partial charge in [-0.2, -0.15) is 0 Å². The lowest BCUT2D eigenvalue weighted by Crippen LogP contribution is -2.57. The molecule has 0 radical (unpaired) electrons. The maximum absolute atomic E-state index is 12.8. The van der Waals surface area contributed by atoms with Crippen molar-refractivity contribution in [2.45, 2.75) is 106 Å². The SMILES string of the molecule is COC(=O)/C(C)=C\CC[C@H](C)[C@@H]1CC[C@]2(C)C3=CC[C@H]4C(C)(C)C(=O)CC[C@]4(C)[C@H]3CC[C@@]12C. The molecule has 0 aromatic rings. The van der Waals surface area contributed by atoms with Crippen LogP contribution in [0.3, 0.4) is 0 Å². The van der Waals surface area contributed by atoms with Gasteiger partial charge < -0.3 is 4.74 Å². The van der Waals surface area contributed by atoms with Gasteiger partial charge in [-0.3, -0.25) is 4.79 Å². The average Bonchev–Trinajstić information content (AvgIpc) is 3.07. The Balaban J connectivity index is 1.56. The maximum Gasteiger partial charge on any atom is 0.333 e. The van der Waals surface area contributed by atoms with Crippen LogP contribution < -0.4 is 0 Å².